The van der Waals surface area contributed by atoms with Gasteiger partial charge in [-0.2, -0.15) is 0 Å². The number of ether oxygens (including phenoxy) is 2. The minimum atomic E-state index is -4.41. The lowest BCUT2D eigenvalue weighted by molar-refractivity contribution is -0.135. The van der Waals surface area contributed by atoms with Crippen LogP contribution in [0.1, 0.15) is 0 Å². The van der Waals surface area contributed by atoms with Gasteiger partial charge < -0.3 is 14.6 Å². The van der Waals surface area contributed by atoms with Gasteiger partial charge in [0.05, 0.1) is 24.8 Å². The third kappa shape index (κ3) is 3.85. The first-order chi connectivity index (χ1) is 12.2. The fraction of sp³-hybridized carbons (Fsp3) is 0.188. The lowest BCUT2D eigenvalue weighted by Gasteiger charge is -2.23. The van der Waals surface area contributed by atoms with Gasteiger partial charge >= 0.3 is 5.97 Å². The van der Waals surface area contributed by atoms with E-state index in [9.17, 15) is 22.0 Å². The molecule has 26 heavy (non-hydrogen) atoms. The van der Waals surface area contributed by atoms with Crippen LogP contribution in [-0.4, -0.2) is 40.3 Å². The van der Waals surface area contributed by atoms with Crippen molar-refractivity contribution in [3.63, 3.8) is 0 Å². The molecule has 140 valence electrons. The molecule has 0 aliphatic carbocycles. The molecule has 0 unspecified atom stereocenters. The number of hydrogen-bond donors (Lipinski definition) is 1. The van der Waals surface area contributed by atoms with Crippen LogP contribution in [0.3, 0.4) is 0 Å². The van der Waals surface area contributed by atoms with Gasteiger partial charge in [0, 0.05) is 12.1 Å². The molecule has 10 heteroatoms. The molecular formula is C16H15F2NO6S. The number of halogens is 2. The monoisotopic (exact) mass is 387 g/mol. The quantitative estimate of drug-likeness (QED) is 0.783. The predicted octanol–water partition coefficient (Wildman–Crippen LogP) is 2.26. The van der Waals surface area contributed by atoms with Crippen LogP contribution in [0, 0.1) is 11.6 Å². The summed E-state index contributed by atoms with van der Waals surface area (Å²) in [6.07, 6.45) is 0. The summed E-state index contributed by atoms with van der Waals surface area (Å²) in [7, 11) is -1.74. The zero-order valence-electron chi connectivity index (χ0n) is 13.8. The number of carboxylic acid groups (broad SMARTS) is 1. The Hall–Kier alpha value is -2.88. The number of hydrogen-bond acceptors (Lipinski definition) is 5. The van der Waals surface area contributed by atoms with Gasteiger partial charge in [0.1, 0.15) is 6.54 Å². The van der Waals surface area contributed by atoms with Crippen molar-refractivity contribution in [1.29, 1.82) is 0 Å². The molecule has 0 saturated heterocycles. The van der Waals surface area contributed by atoms with Crippen LogP contribution in [-0.2, 0) is 14.8 Å². The maximum atomic E-state index is 13.5. The van der Waals surface area contributed by atoms with Crippen LogP contribution in [0.5, 0.6) is 11.5 Å². The summed E-state index contributed by atoms with van der Waals surface area (Å²) in [6.45, 7) is -0.984. The molecule has 0 radical (unpaired) electrons. The number of methoxy groups -OCH3 is 2. The summed E-state index contributed by atoms with van der Waals surface area (Å²) >= 11 is 0. The van der Waals surface area contributed by atoms with E-state index in [1.54, 1.807) is 0 Å². The molecule has 0 saturated carbocycles. The molecule has 2 aromatic rings. The Bertz CT molecular complexity index is 932. The SMILES string of the molecule is COc1ccc(S(=O)(=O)N(CC(=O)O)c2ccc(F)c(F)c2)cc1OC. The van der Waals surface area contributed by atoms with Gasteiger partial charge in [0.25, 0.3) is 10.0 Å². The van der Waals surface area contributed by atoms with Gasteiger partial charge in [0.15, 0.2) is 23.1 Å². The maximum absolute atomic E-state index is 13.5. The Kier molecular flexibility index (Phi) is 5.66. The van der Waals surface area contributed by atoms with Gasteiger partial charge in [-0.1, -0.05) is 0 Å². The summed E-state index contributed by atoms with van der Waals surface area (Å²) in [5, 5.41) is 9.04. The molecule has 0 atom stereocenters. The summed E-state index contributed by atoms with van der Waals surface area (Å²) in [5.74, 6) is -3.59. The summed E-state index contributed by atoms with van der Waals surface area (Å²) in [6, 6.07) is 5.95. The van der Waals surface area contributed by atoms with Crippen molar-refractivity contribution in [3.8, 4) is 11.5 Å². The predicted molar refractivity (Wildman–Crippen MR) is 88.1 cm³/mol. The molecule has 2 aromatic carbocycles. The van der Waals surface area contributed by atoms with Crippen LogP contribution in [0.15, 0.2) is 41.3 Å². The number of benzene rings is 2. The molecule has 0 aliphatic rings. The molecule has 1 N–H and O–H groups in total. The second-order valence-corrected chi connectivity index (χ2v) is 6.88. The van der Waals surface area contributed by atoms with Crippen molar-refractivity contribution in [2.45, 2.75) is 4.90 Å². The number of sulfonamides is 1. The first kappa shape index (κ1) is 19.4. The third-order valence-corrected chi connectivity index (χ3v) is 5.18. The van der Waals surface area contributed by atoms with Crippen molar-refractivity contribution in [2.75, 3.05) is 25.1 Å². The summed E-state index contributed by atoms with van der Waals surface area (Å²) in [4.78, 5) is 10.8. The first-order valence-electron chi connectivity index (χ1n) is 7.12. The van der Waals surface area contributed by atoms with E-state index >= 15 is 0 Å². The number of carboxylic acids is 1. The first-order valence-corrected chi connectivity index (χ1v) is 8.56. The van der Waals surface area contributed by atoms with E-state index in [1.807, 2.05) is 0 Å². The normalized spacial score (nSPS) is 11.1. The Morgan fingerprint density at radius 3 is 2.23 bits per heavy atom. The molecule has 2 rings (SSSR count). The maximum Gasteiger partial charge on any atom is 0.324 e. The van der Waals surface area contributed by atoms with Gasteiger partial charge in [-0.25, -0.2) is 17.2 Å². The highest BCUT2D eigenvalue weighted by Gasteiger charge is 2.29. The van der Waals surface area contributed by atoms with E-state index in [0.717, 1.165) is 12.1 Å². The molecule has 0 amide bonds. The van der Waals surface area contributed by atoms with Crippen LogP contribution in [0.25, 0.3) is 0 Å². The fourth-order valence-electron chi connectivity index (χ4n) is 2.18. The van der Waals surface area contributed by atoms with Crippen molar-refractivity contribution < 1.29 is 36.6 Å². The van der Waals surface area contributed by atoms with E-state index in [0.29, 0.717) is 16.4 Å². The van der Waals surface area contributed by atoms with Crippen molar-refractivity contribution in [3.05, 3.63) is 48.0 Å². The average Bonchev–Trinajstić information content (AvgIpc) is 2.61. The molecule has 0 aliphatic heterocycles. The van der Waals surface area contributed by atoms with Crippen molar-refractivity contribution >= 4 is 21.7 Å². The molecule has 0 fully saturated rings. The zero-order valence-corrected chi connectivity index (χ0v) is 14.6. The standard InChI is InChI=1S/C16H15F2NO6S/c1-24-14-6-4-11(8-15(14)25-2)26(22,23)19(9-16(20)21)10-3-5-12(17)13(18)7-10/h3-8H,9H2,1-2H3,(H,20,21). The Labute approximate surface area is 148 Å². The molecule has 7 nitrogen and oxygen atoms in total. The second-order valence-electron chi connectivity index (χ2n) is 5.02. The van der Waals surface area contributed by atoms with Crippen molar-refractivity contribution in [1.82, 2.24) is 0 Å². The lowest BCUT2D eigenvalue weighted by Crippen LogP contribution is -2.35. The zero-order chi connectivity index (χ0) is 19.5. The van der Waals surface area contributed by atoms with E-state index in [1.165, 1.54) is 26.4 Å². The number of anilines is 1. The molecule has 0 aromatic heterocycles. The Morgan fingerprint density at radius 1 is 1.04 bits per heavy atom. The highest BCUT2D eigenvalue weighted by Crippen LogP contribution is 2.32. The number of carbonyl (C=O) groups is 1. The molecule has 0 bridgehead atoms. The van der Waals surface area contributed by atoms with Gasteiger partial charge in [-0.3, -0.25) is 9.10 Å². The van der Waals surface area contributed by atoms with E-state index in [-0.39, 0.29) is 22.1 Å². The van der Waals surface area contributed by atoms with E-state index < -0.39 is 34.2 Å². The molecule has 0 heterocycles. The number of aliphatic carboxylic acids is 1. The number of nitrogens with zero attached hydrogens (tertiary/aromatic N) is 1. The smallest absolute Gasteiger partial charge is 0.324 e. The number of rotatable bonds is 7. The summed E-state index contributed by atoms with van der Waals surface area (Å²) in [5.41, 5.74) is -0.332. The van der Waals surface area contributed by atoms with Crippen LogP contribution in [0.4, 0.5) is 14.5 Å². The largest absolute Gasteiger partial charge is 0.493 e. The highest BCUT2D eigenvalue weighted by atomic mass is 32.2. The van der Waals surface area contributed by atoms with Gasteiger partial charge in [0.2, 0.25) is 0 Å². The Balaban J connectivity index is 2.59. The highest BCUT2D eigenvalue weighted by molar-refractivity contribution is 7.92. The van der Waals surface area contributed by atoms with E-state index in [4.69, 9.17) is 14.6 Å². The Morgan fingerprint density at radius 2 is 1.69 bits per heavy atom. The summed E-state index contributed by atoms with van der Waals surface area (Å²) < 4.78 is 62.9. The molecular weight excluding hydrogens is 372 g/mol. The van der Waals surface area contributed by atoms with Crippen LogP contribution < -0.4 is 13.8 Å². The minimum Gasteiger partial charge on any atom is -0.493 e. The lowest BCUT2D eigenvalue weighted by atomic mass is 10.3. The second kappa shape index (κ2) is 7.56. The van der Waals surface area contributed by atoms with E-state index in [2.05, 4.69) is 0 Å². The molecule has 0 spiro atoms. The fourth-order valence-corrected chi connectivity index (χ4v) is 3.60. The van der Waals surface area contributed by atoms with Crippen molar-refractivity contribution in [2.24, 2.45) is 0 Å². The topological polar surface area (TPSA) is 93.1 Å². The van der Waals surface area contributed by atoms with Crippen LogP contribution in [0.2, 0.25) is 0 Å². The van der Waals surface area contributed by atoms with Gasteiger partial charge in [-0.05, 0) is 24.3 Å². The third-order valence-electron chi connectivity index (χ3n) is 3.41. The van der Waals surface area contributed by atoms with Crippen LogP contribution >= 0.6 is 0 Å². The average molecular weight is 387 g/mol. The minimum absolute atomic E-state index is 0.106. The van der Waals surface area contributed by atoms with Gasteiger partial charge in [-0.15, -0.1) is 0 Å².